The lowest BCUT2D eigenvalue weighted by Crippen LogP contribution is -2.37. The van der Waals surface area contributed by atoms with Crippen LogP contribution in [0.4, 0.5) is 0 Å². The molecule has 0 aromatic carbocycles. The molecule has 2 aliphatic rings. The zero-order valence-corrected chi connectivity index (χ0v) is 12.5. The minimum Gasteiger partial charge on any atom is -0.478 e. The average Bonchev–Trinajstić information content (AvgIpc) is 3.09. The van der Waals surface area contributed by atoms with E-state index < -0.39 is 17.9 Å². The molecule has 0 aromatic heterocycles. The summed E-state index contributed by atoms with van der Waals surface area (Å²) in [5.41, 5.74) is 0. The summed E-state index contributed by atoms with van der Waals surface area (Å²) in [5.74, 6) is -2.21. The second-order valence-corrected chi connectivity index (χ2v) is 5.28. The van der Waals surface area contributed by atoms with Crippen molar-refractivity contribution in [3.05, 3.63) is 35.8 Å². The Morgan fingerprint density at radius 2 is 1.64 bits per heavy atom. The van der Waals surface area contributed by atoms with E-state index in [4.69, 9.17) is 19.3 Å². The number of carboxylic acids is 1. The van der Waals surface area contributed by atoms with Crippen molar-refractivity contribution in [2.45, 2.75) is 51.4 Å². The molecule has 0 aliphatic heterocycles. The maximum absolute atomic E-state index is 11.7. The van der Waals surface area contributed by atoms with Crippen LogP contribution in [0.1, 0.15) is 45.4 Å². The van der Waals surface area contributed by atoms with Crippen LogP contribution in [0.25, 0.3) is 0 Å². The Bertz CT molecular complexity index is 503. The molecule has 0 saturated carbocycles. The molecule has 0 bridgehead atoms. The Kier molecular flexibility index (Phi) is 5.25. The van der Waals surface area contributed by atoms with Gasteiger partial charge in [0.2, 0.25) is 0 Å². The fourth-order valence-electron chi connectivity index (χ4n) is 2.36. The quantitative estimate of drug-likeness (QED) is 0.442. The molecule has 0 saturated heterocycles. The standard InChI is InChI=1S/C16H20O6/c1-16(20-12-6-2-3-7-12,21-13-8-4-5-9-13)22-15(19)11-10-14(17)18/h6,8,10-11H,2-5,7,9H2,1H3,(H,17,18). The first-order chi connectivity index (χ1) is 10.5. The van der Waals surface area contributed by atoms with Crippen LogP contribution in [-0.2, 0) is 23.8 Å². The molecule has 0 unspecified atom stereocenters. The predicted molar refractivity (Wildman–Crippen MR) is 77.3 cm³/mol. The van der Waals surface area contributed by atoms with Crippen LogP contribution in [0.3, 0.4) is 0 Å². The maximum Gasteiger partial charge on any atom is 0.415 e. The first-order valence-corrected chi connectivity index (χ1v) is 7.37. The molecular formula is C16H20O6. The number of allylic oxidation sites excluding steroid dienone is 4. The molecule has 2 rings (SSSR count). The van der Waals surface area contributed by atoms with Crippen molar-refractivity contribution in [2.75, 3.05) is 0 Å². The molecule has 22 heavy (non-hydrogen) atoms. The molecule has 120 valence electrons. The number of aliphatic carboxylic acids is 1. The van der Waals surface area contributed by atoms with E-state index in [0.29, 0.717) is 6.08 Å². The highest BCUT2D eigenvalue weighted by atomic mass is 16.9. The summed E-state index contributed by atoms with van der Waals surface area (Å²) in [6.45, 7) is 1.51. The SMILES string of the molecule is CC(OC(=O)C=CC(=O)O)(OC1=CCCC1)OC1=CCCC1. The van der Waals surface area contributed by atoms with E-state index in [1.165, 1.54) is 6.92 Å². The van der Waals surface area contributed by atoms with Gasteiger partial charge in [-0.15, -0.1) is 0 Å². The summed E-state index contributed by atoms with van der Waals surface area (Å²) in [6, 6.07) is 0. The van der Waals surface area contributed by atoms with Gasteiger partial charge in [-0.05, 0) is 37.8 Å². The van der Waals surface area contributed by atoms with E-state index in [2.05, 4.69) is 0 Å². The third kappa shape index (κ3) is 4.95. The average molecular weight is 308 g/mol. The topological polar surface area (TPSA) is 82.1 Å². The highest BCUT2D eigenvalue weighted by Crippen LogP contribution is 2.31. The summed E-state index contributed by atoms with van der Waals surface area (Å²) in [6.07, 6.45) is 10.8. The number of carbonyl (C=O) groups excluding carboxylic acids is 1. The number of ether oxygens (including phenoxy) is 3. The summed E-state index contributed by atoms with van der Waals surface area (Å²) in [7, 11) is 0. The van der Waals surface area contributed by atoms with Gasteiger partial charge in [0.15, 0.2) is 0 Å². The molecule has 0 atom stereocenters. The summed E-state index contributed by atoms with van der Waals surface area (Å²) in [5, 5.41) is 8.54. The number of hydrogen-bond donors (Lipinski definition) is 1. The van der Waals surface area contributed by atoms with Crippen molar-refractivity contribution >= 4 is 11.9 Å². The van der Waals surface area contributed by atoms with Gasteiger partial charge in [-0.2, -0.15) is 0 Å². The molecular weight excluding hydrogens is 288 g/mol. The smallest absolute Gasteiger partial charge is 0.415 e. The highest BCUT2D eigenvalue weighted by Gasteiger charge is 2.36. The van der Waals surface area contributed by atoms with Gasteiger partial charge in [0.25, 0.3) is 0 Å². The number of rotatable bonds is 7. The van der Waals surface area contributed by atoms with Gasteiger partial charge in [0.05, 0.1) is 6.92 Å². The van der Waals surface area contributed by atoms with Crippen molar-refractivity contribution in [3.8, 4) is 0 Å². The lowest BCUT2D eigenvalue weighted by atomic mass is 10.3. The van der Waals surface area contributed by atoms with Crippen molar-refractivity contribution in [1.29, 1.82) is 0 Å². The van der Waals surface area contributed by atoms with Gasteiger partial charge in [-0.1, -0.05) is 0 Å². The largest absolute Gasteiger partial charge is 0.478 e. The lowest BCUT2D eigenvalue weighted by molar-refractivity contribution is -0.321. The number of hydrogen-bond acceptors (Lipinski definition) is 5. The van der Waals surface area contributed by atoms with Crippen LogP contribution in [0.2, 0.25) is 0 Å². The van der Waals surface area contributed by atoms with Crippen LogP contribution >= 0.6 is 0 Å². The molecule has 0 amide bonds. The van der Waals surface area contributed by atoms with E-state index in [9.17, 15) is 9.59 Å². The van der Waals surface area contributed by atoms with Gasteiger partial charge in [0.1, 0.15) is 11.5 Å². The van der Waals surface area contributed by atoms with Crippen LogP contribution in [0.15, 0.2) is 35.8 Å². The molecule has 0 fully saturated rings. The minimum atomic E-state index is -1.59. The fraction of sp³-hybridized carbons (Fsp3) is 0.500. The third-order valence-corrected chi connectivity index (χ3v) is 3.28. The first kappa shape index (κ1) is 16.1. The van der Waals surface area contributed by atoms with E-state index in [1.54, 1.807) is 0 Å². The zero-order chi connectivity index (χ0) is 16.0. The van der Waals surface area contributed by atoms with E-state index in [1.807, 2.05) is 12.2 Å². The van der Waals surface area contributed by atoms with Crippen LogP contribution in [-0.4, -0.2) is 23.0 Å². The fourth-order valence-corrected chi connectivity index (χ4v) is 2.36. The summed E-state index contributed by atoms with van der Waals surface area (Å²) >= 11 is 0. The molecule has 6 nitrogen and oxygen atoms in total. The minimum absolute atomic E-state index is 0.715. The van der Waals surface area contributed by atoms with Crippen molar-refractivity contribution in [3.63, 3.8) is 0 Å². The van der Waals surface area contributed by atoms with Crippen LogP contribution in [0.5, 0.6) is 0 Å². The number of esters is 1. The molecule has 1 N–H and O–H groups in total. The molecule has 2 aliphatic carbocycles. The first-order valence-electron chi connectivity index (χ1n) is 7.37. The Balaban J connectivity index is 2.05. The van der Waals surface area contributed by atoms with E-state index in [0.717, 1.165) is 56.1 Å². The Morgan fingerprint density at radius 3 is 2.05 bits per heavy atom. The van der Waals surface area contributed by atoms with Crippen molar-refractivity contribution in [2.24, 2.45) is 0 Å². The van der Waals surface area contributed by atoms with Gasteiger partial charge >= 0.3 is 17.9 Å². The van der Waals surface area contributed by atoms with Gasteiger partial charge in [-0.25, -0.2) is 9.59 Å². The Hall–Kier alpha value is -2.24. The predicted octanol–water partition coefficient (Wildman–Crippen LogP) is 3.01. The van der Waals surface area contributed by atoms with Crippen molar-refractivity contribution < 1.29 is 28.9 Å². The zero-order valence-electron chi connectivity index (χ0n) is 12.5. The molecule has 0 heterocycles. The summed E-state index contributed by atoms with van der Waals surface area (Å²) < 4.78 is 16.6. The molecule has 6 heteroatoms. The Morgan fingerprint density at radius 1 is 1.09 bits per heavy atom. The van der Waals surface area contributed by atoms with Gasteiger partial charge < -0.3 is 19.3 Å². The number of carbonyl (C=O) groups is 2. The number of carboxylic acid groups (broad SMARTS) is 1. The molecule has 0 radical (unpaired) electrons. The van der Waals surface area contributed by atoms with Crippen LogP contribution in [0, 0.1) is 0 Å². The monoisotopic (exact) mass is 308 g/mol. The van der Waals surface area contributed by atoms with Crippen LogP contribution < -0.4 is 0 Å². The van der Waals surface area contributed by atoms with E-state index >= 15 is 0 Å². The summed E-state index contributed by atoms with van der Waals surface area (Å²) in [4.78, 5) is 22.2. The molecule has 0 spiro atoms. The van der Waals surface area contributed by atoms with E-state index in [-0.39, 0.29) is 0 Å². The second-order valence-electron chi connectivity index (χ2n) is 5.28. The normalized spacial score (nSPS) is 18.0. The van der Waals surface area contributed by atoms with Gasteiger partial charge in [0, 0.05) is 25.0 Å². The third-order valence-electron chi connectivity index (χ3n) is 3.28. The second kappa shape index (κ2) is 7.15. The van der Waals surface area contributed by atoms with Crippen molar-refractivity contribution in [1.82, 2.24) is 0 Å². The maximum atomic E-state index is 11.7. The highest BCUT2D eigenvalue weighted by molar-refractivity contribution is 5.90. The Labute approximate surface area is 129 Å². The lowest BCUT2D eigenvalue weighted by Gasteiger charge is -2.30. The van der Waals surface area contributed by atoms with Gasteiger partial charge in [-0.3, -0.25) is 0 Å². The molecule has 0 aromatic rings.